The molecule has 5 nitrogen and oxygen atoms in total. The quantitative estimate of drug-likeness (QED) is 0.422. The van der Waals surface area contributed by atoms with Crippen LogP contribution in [-0.4, -0.2) is 56.6 Å². The molecular formula is C12H23NO4. The molecular weight excluding hydrogens is 222 g/mol. The van der Waals surface area contributed by atoms with Gasteiger partial charge in [-0.25, -0.2) is 0 Å². The molecule has 0 spiro atoms. The number of hydrogen-bond acceptors (Lipinski definition) is 5. The van der Waals surface area contributed by atoms with Crippen LogP contribution in [0.4, 0.5) is 0 Å². The molecule has 0 radical (unpaired) electrons. The highest BCUT2D eigenvalue weighted by Crippen LogP contribution is 1.96. The Kier molecular flexibility index (Phi) is 9.66. The van der Waals surface area contributed by atoms with Gasteiger partial charge in [0, 0.05) is 19.6 Å². The maximum absolute atomic E-state index is 11.5. The second kappa shape index (κ2) is 10.2. The monoisotopic (exact) mass is 245 g/mol. The van der Waals surface area contributed by atoms with Crippen LogP contribution in [0.15, 0.2) is 0 Å². The van der Waals surface area contributed by atoms with E-state index in [0.717, 1.165) is 6.54 Å². The van der Waals surface area contributed by atoms with Crippen LogP contribution >= 0.6 is 0 Å². The van der Waals surface area contributed by atoms with Crippen LogP contribution in [0.25, 0.3) is 0 Å². The van der Waals surface area contributed by atoms with Crippen molar-refractivity contribution in [1.82, 2.24) is 4.90 Å². The van der Waals surface area contributed by atoms with Crippen molar-refractivity contribution < 1.29 is 19.1 Å². The van der Waals surface area contributed by atoms with Crippen molar-refractivity contribution in [2.45, 2.75) is 26.7 Å². The van der Waals surface area contributed by atoms with Crippen molar-refractivity contribution in [3.8, 4) is 0 Å². The molecule has 0 aromatic heterocycles. The molecule has 0 heterocycles. The summed E-state index contributed by atoms with van der Waals surface area (Å²) in [7, 11) is 1.86. The molecule has 100 valence electrons. The molecule has 0 aliphatic carbocycles. The summed E-state index contributed by atoms with van der Waals surface area (Å²) in [5, 5.41) is 0. The van der Waals surface area contributed by atoms with Crippen molar-refractivity contribution >= 4 is 11.8 Å². The van der Waals surface area contributed by atoms with Crippen LogP contribution in [0.2, 0.25) is 0 Å². The van der Waals surface area contributed by atoms with Gasteiger partial charge in [-0.3, -0.25) is 14.5 Å². The minimum absolute atomic E-state index is 0.0528. The number of carbonyl (C=O) groups excluding carboxylic acids is 2. The van der Waals surface area contributed by atoms with Gasteiger partial charge in [0.15, 0.2) is 0 Å². The number of carbonyl (C=O) groups is 2. The first-order chi connectivity index (χ1) is 8.10. The van der Waals surface area contributed by atoms with Gasteiger partial charge in [-0.15, -0.1) is 0 Å². The molecule has 0 saturated carbocycles. The largest absolute Gasteiger partial charge is 0.466 e. The number of ketones is 1. The number of ether oxygens (including phenoxy) is 2. The number of nitrogens with zero attached hydrogens (tertiary/aromatic N) is 1. The van der Waals surface area contributed by atoms with E-state index in [9.17, 15) is 9.59 Å². The van der Waals surface area contributed by atoms with E-state index in [1.54, 1.807) is 6.92 Å². The SMILES string of the molecule is CCOCCN(C)CC(=O)CCC(=O)OCC. The highest BCUT2D eigenvalue weighted by Gasteiger charge is 2.09. The third kappa shape index (κ3) is 9.96. The second-order valence-corrected chi connectivity index (χ2v) is 3.78. The van der Waals surface area contributed by atoms with Crippen LogP contribution in [0, 0.1) is 0 Å². The molecule has 5 heteroatoms. The van der Waals surface area contributed by atoms with E-state index < -0.39 is 0 Å². The molecule has 0 unspecified atom stereocenters. The third-order valence-electron chi connectivity index (χ3n) is 2.18. The minimum atomic E-state index is -0.308. The van der Waals surface area contributed by atoms with Crippen LogP contribution in [0.5, 0.6) is 0 Å². The zero-order valence-corrected chi connectivity index (χ0v) is 11.0. The van der Waals surface area contributed by atoms with Gasteiger partial charge in [-0.1, -0.05) is 0 Å². The van der Waals surface area contributed by atoms with Gasteiger partial charge >= 0.3 is 5.97 Å². The van der Waals surface area contributed by atoms with Gasteiger partial charge in [0.2, 0.25) is 0 Å². The molecule has 0 bridgehead atoms. The summed E-state index contributed by atoms with van der Waals surface area (Å²) in [5.74, 6) is -0.255. The molecule has 0 aliphatic rings. The van der Waals surface area contributed by atoms with E-state index in [1.807, 2.05) is 18.9 Å². The molecule has 0 saturated heterocycles. The van der Waals surface area contributed by atoms with E-state index in [4.69, 9.17) is 9.47 Å². The maximum Gasteiger partial charge on any atom is 0.306 e. The molecule has 17 heavy (non-hydrogen) atoms. The first kappa shape index (κ1) is 16.1. The average Bonchev–Trinajstić information content (AvgIpc) is 2.27. The van der Waals surface area contributed by atoms with Gasteiger partial charge in [0.05, 0.1) is 26.2 Å². The molecule has 0 rings (SSSR count). The molecule has 0 N–H and O–H groups in total. The lowest BCUT2D eigenvalue weighted by molar-refractivity contribution is -0.144. The van der Waals surface area contributed by atoms with Crippen LogP contribution in [-0.2, 0) is 19.1 Å². The molecule has 0 aromatic carbocycles. The van der Waals surface area contributed by atoms with E-state index in [0.29, 0.717) is 26.4 Å². The Labute approximate surface area is 103 Å². The standard InChI is InChI=1S/C12H23NO4/c1-4-16-9-8-13(3)10-11(14)6-7-12(15)17-5-2/h4-10H2,1-3H3. The Hall–Kier alpha value is -0.940. The predicted molar refractivity (Wildman–Crippen MR) is 64.9 cm³/mol. The fraction of sp³-hybridized carbons (Fsp3) is 0.833. The second-order valence-electron chi connectivity index (χ2n) is 3.78. The maximum atomic E-state index is 11.5. The Morgan fingerprint density at radius 2 is 1.82 bits per heavy atom. The van der Waals surface area contributed by atoms with Gasteiger partial charge in [0.25, 0.3) is 0 Å². The fourth-order valence-electron chi connectivity index (χ4n) is 1.30. The van der Waals surface area contributed by atoms with Gasteiger partial charge < -0.3 is 9.47 Å². The predicted octanol–water partition coefficient (Wildman–Crippen LogP) is 0.867. The normalized spacial score (nSPS) is 10.6. The van der Waals surface area contributed by atoms with Crippen molar-refractivity contribution in [2.75, 3.05) is 40.0 Å². The molecule has 0 aromatic rings. The highest BCUT2D eigenvalue weighted by molar-refractivity contribution is 5.84. The van der Waals surface area contributed by atoms with Crippen LogP contribution in [0.1, 0.15) is 26.7 Å². The van der Waals surface area contributed by atoms with Crippen LogP contribution in [0.3, 0.4) is 0 Å². The summed E-state index contributed by atoms with van der Waals surface area (Å²) in [6.45, 7) is 6.43. The lowest BCUT2D eigenvalue weighted by Gasteiger charge is -2.15. The smallest absolute Gasteiger partial charge is 0.306 e. The van der Waals surface area contributed by atoms with Gasteiger partial charge in [0.1, 0.15) is 5.78 Å². The number of rotatable bonds is 10. The van der Waals surface area contributed by atoms with Crippen molar-refractivity contribution in [3.63, 3.8) is 0 Å². The summed E-state index contributed by atoms with van der Waals surface area (Å²) >= 11 is 0. The van der Waals surface area contributed by atoms with E-state index >= 15 is 0 Å². The van der Waals surface area contributed by atoms with Gasteiger partial charge in [-0.2, -0.15) is 0 Å². The number of esters is 1. The van der Waals surface area contributed by atoms with Crippen molar-refractivity contribution in [1.29, 1.82) is 0 Å². The lowest BCUT2D eigenvalue weighted by atomic mass is 10.2. The minimum Gasteiger partial charge on any atom is -0.466 e. The van der Waals surface area contributed by atoms with Crippen molar-refractivity contribution in [2.24, 2.45) is 0 Å². The topological polar surface area (TPSA) is 55.8 Å². The number of hydrogen-bond donors (Lipinski definition) is 0. The van der Waals surface area contributed by atoms with Crippen molar-refractivity contribution in [3.05, 3.63) is 0 Å². The molecule has 0 aliphatic heterocycles. The zero-order valence-electron chi connectivity index (χ0n) is 11.0. The Morgan fingerprint density at radius 3 is 2.41 bits per heavy atom. The Morgan fingerprint density at radius 1 is 1.12 bits per heavy atom. The first-order valence-electron chi connectivity index (χ1n) is 6.03. The summed E-state index contributed by atoms with van der Waals surface area (Å²) in [6.07, 6.45) is 0.420. The van der Waals surface area contributed by atoms with Crippen LogP contribution < -0.4 is 0 Å². The molecule has 0 atom stereocenters. The first-order valence-corrected chi connectivity index (χ1v) is 6.03. The molecule has 0 fully saturated rings. The summed E-state index contributed by atoms with van der Waals surface area (Å²) in [6, 6.07) is 0. The number of likely N-dealkylation sites (N-methyl/N-ethyl adjacent to an activating group) is 1. The highest BCUT2D eigenvalue weighted by atomic mass is 16.5. The van der Waals surface area contributed by atoms with Gasteiger partial charge in [-0.05, 0) is 20.9 Å². The van der Waals surface area contributed by atoms with E-state index in [1.165, 1.54) is 0 Å². The Bertz CT molecular complexity index is 231. The summed E-state index contributed by atoms with van der Waals surface area (Å²) in [5.41, 5.74) is 0. The molecule has 0 amide bonds. The lowest BCUT2D eigenvalue weighted by Crippen LogP contribution is -2.29. The summed E-state index contributed by atoms with van der Waals surface area (Å²) in [4.78, 5) is 24.4. The third-order valence-corrected chi connectivity index (χ3v) is 2.18. The van der Waals surface area contributed by atoms with E-state index in [2.05, 4.69) is 0 Å². The summed E-state index contributed by atoms with van der Waals surface area (Å²) < 4.78 is 9.94. The Balaban J connectivity index is 3.60. The number of Topliss-reactive ketones (excluding diaryl/α,β-unsaturated/α-hetero) is 1. The average molecular weight is 245 g/mol. The fourth-order valence-corrected chi connectivity index (χ4v) is 1.30. The van der Waals surface area contributed by atoms with E-state index in [-0.39, 0.29) is 24.6 Å². The zero-order chi connectivity index (χ0) is 13.1.